The van der Waals surface area contributed by atoms with Gasteiger partial charge in [-0.25, -0.2) is 9.48 Å². The number of nitrogens with zero attached hydrogens (tertiary/aromatic N) is 3. The first-order valence-corrected chi connectivity index (χ1v) is 8.42. The van der Waals surface area contributed by atoms with E-state index >= 15 is 0 Å². The van der Waals surface area contributed by atoms with Crippen molar-refractivity contribution in [3.63, 3.8) is 0 Å². The Balaban J connectivity index is 1.75. The van der Waals surface area contributed by atoms with E-state index < -0.39 is 17.4 Å². The van der Waals surface area contributed by atoms with E-state index in [0.717, 1.165) is 16.8 Å². The zero-order valence-electron chi connectivity index (χ0n) is 14.9. The maximum absolute atomic E-state index is 12.9. The van der Waals surface area contributed by atoms with Crippen LogP contribution in [0.25, 0.3) is 11.4 Å². The van der Waals surface area contributed by atoms with Crippen LogP contribution < -0.4 is 11.0 Å². The van der Waals surface area contributed by atoms with Crippen LogP contribution in [0.15, 0.2) is 59.4 Å². The molecule has 0 fully saturated rings. The second-order valence-corrected chi connectivity index (χ2v) is 6.09. The van der Waals surface area contributed by atoms with Crippen LogP contribution in [0, 0.1) is 0 Å². The number of carbonyl (C=O) groups is 1. The molecule has 0 radical (unpaired) electrons. The van der Waals surface area contributed by atoms with Gasteiger partial charge in [0, 0.05) is 24.7 Å². The molecule has 0 aliphatic carbocycles. The van der Waals surface area contributed by atoms with E-state index in [2.05, 4.69) is 10.4 Å². The van der Waals surface area contributed by atoms with Gasteiger partial charge in [-0.1, -0.05) is 30.3 Å². The fourth-order valence-electron chi connectivity index (χ4n) is 2.69. The molecule has 1 heterocycles. The number of aromatic nitrogens is 3. The van der Waals surface area contributed by atoms with E-state index in [0.29, 0.717) is 5.56 Å². The van der Waals surface area contributed by atoms with Gasteiger partial charge in [-0.05, 0) is 24.3 Å². The standard InChI is InChI=1S/C19H17F3N4O2/c1-25-16(14-8-5-9-15(12-14)19(20,21)22)24-26(18(25)28)11-10-23-17(27)13-6-3-2-4-7-13/h2-9,12H,10-11H2,1H3,(H,23,27). The van der Waals surface area contributed by atoms with Gasteiger partial charge in [-0.15, -0.1) is 5.10 Å². The summed E-state index contributed by atoms with van der Waals surface area (Å²) in [4.78, 5) is 24.3. The molecular weight excluding hydrogens is 373 g/mol. The monoisotopic (exact) mass is 390 g/mol. The lowest BCUT2D eigenvalue weighted by Gasteiger charge is -2.08. The molecule has 0 saturated carbocycles. The Bertz CT molecular complexity index is 1040. The number of carbonyl (C=O) groups excluding carboxylic acids is 1. The molecule has 0 aliphatic rings. The van der Waals surface area contributed by atoms with Crippen LogP contribution in [0.5, 0.6) is 0 Å². The third kappa shape index (κ3) is 4.13. The summed E-state index contributed by atoms with van der Waals surface area (Å²) in [6, 6.07) is 13.2. The van der Waals surface area contributed by atoms with Crippen LogP contribution in [0.2, 0.25) is 0 Å². The Morgan fingerprint density at radius 1 is 1.11 bits per heavy atom. The van der Waals surface area contributed by atoms with Gasteiger partial charge in [-0.2, -0.15) is 13.2 Å². The molecule has 2 aromatic carbocycles. The topological polar surface area (TPSA) is 68.9 Å². The highest BCUT2D eigenvalue weighted by molar-refractivity contribution is 5.94. The quantitative estimate of drug-likeness (QED) is 0.728. The predicted octanol–water partition coefficient (Wildman–Crippen LogP) is 2.70. The lowest BCUT2D eigenvalue weighted by Crippen LogP contribution is -2.31. The van der Waals surface area contributed by atoms with E-state index in [1.165, 1.54) is 23.7 Å². The maximum Gasteiger partial charge on any atom is 0.416 e. The molecule has 3 aromatic rings. The average molecular weight is 390 g/mol. The maximum atomic E-state index is 12.9. The third-order valence-electron chi connectivity index (χ3n) is 4.13. The minimum atomic E-state index is -4.49. The number of alkyl halides is 3. The van der Waals surface area contributed by atoms with Crippen molar-refractivity contribution < 1.29 is 18.0 Å². The second-order valence-electron chi connectivity index (χ2n) is 6.09. The van der Waals surface area contributed by atoms with E-state index in [9.17, 15) is 22.8 Å². The van der Waals surface area contributed by atoms with E-state index in [1.54, 1.807) is 30.3 Å². The van der Waals surface area contributed by atoms with Crippen LogP contribution in [-0.4, -0.2) is 26.8 Å². The molecular formula is C19H17F3N4O2. The van der Waals surface area contributed by atoms with Gasteiger partial charge < -0.3 is 5.32 Å². The van der Waals surface area contributed by atoms with Crippen LogP contribution in [0.3, 0.4) is 0 Å². The predicted molar refractivity (Wildman–Crippen MR) is 96.7 cm³/mol. The van der Waals surface area contributed by atoms with E-state index in [-0.39, 0.29) is 30.4 Å². The first-order valence-electron chi connectivity index (χ1n) is 8.42. The average Bonchev–Trinajstić information content (AvgIpc) is 2.96. The SMILES string of the molecule is Cn1c(-c2cccc(C(F)(F)F)c2)nn(CCNC(=O)c2ccccc2)c1=O. The first-order chi connectivity index (χ1) is 13.3. The molecule has 1 aromatic heterocycles. The van der Waals surface area contributed by atoms with Crippen LogP contribution >= 0.6 is 0 Å². The zero-order chi connectivity index (χ0) is 20.3. The normalized spacial score (nSPS) is 11.4. The summed E-state index contributed by atoms with van der Waals surface area (Å²) in [7, 11) is 1.43. The van der Waals surface area contributed by atoms with Gasteiger partial charge in [0.05, 0.1) is 12.1 Å². The van der Waals surface area contributed by atoms with Gasteiger partial charge in [0.15, 0.2) is 5.82 Å². The number of hydrogen-bond donors (Lipinski definition) is 1. The van der Waals surface area contributed by atoms with Crippen LogP contribution in [0.4, 0.5) is 13.2 Å². The molecule has 1 amide bonds. The summed E-state index contributed by atoms with van der Waals surface area (Å²) < 4.78 is 41.0. The van der Waals surface area contributed by atoms with Crippen molar-refractivity contribution in [3.05, 3.63) is 76.2 Å². The van der Waals surface area contributed by atoms with Gasteiger partial charge in [0.25, 0.3) is 5.91 Å². The minimum Gasteiger partial charge on any atom is -0.350 e. The Hall–Kier alpha value is -3.36. The highest BCUT2D eigenvalue weighted by atomic mass is 19.4. The van der Waals surface area contributed by atoms with Crippen molar-refractivity contribution in [2.24, 2.45) is 7.05 Å². The van der Waals surface area contributed by atoms with Crippen molar-refractivity contribution in [2.45, 2.75) is 12.7 Å². The highest BCUT2D eigenvalue weighted by Crippen LogP contribution is 2.31. The summed E-state index contributed by atoms with van der Waals surface area (Å²) in [5, 5.41) is 6.80. The summed E-state index contributed by atoms with van der Waals surface area (Å²) in [5.41, 5.74) is -0.634. The molecule has 0 atom stereocenters. The van der Waals surface area contributed by atoms with E-state index in [1.807, 2.05) is 0 Å². The van der Waals surface area contributed by atoms with E-state index in [4.69, 9.17) is 0 Å². The van der Waals surface area contributed by atoms with Crippen molar-refractivity contribution in [1.29, 1.82) is 0 Å². The Morgan fingerprint density at radius 3 is 2.50 bits per heavy atom. The molecule has 0 spiro atoms. The molecule has 0 aliphatic heterocycles. The number of halogens is 3. The largest absolute Gasteiger partial charge is 0.416 e. The minimum absolute atomic E-state index is 0.0875. The van der Waals surface area contributed by atoms with Crippen LogP contribution in [-0.2, 0) is 19.8 Å². The summed E-state index contributed by atoms with van der Waals surface area (Å²) in [6.45, 7) is 0.233. The molecule has 1 N–H and O–H groups in total. The van der Waals surface area contributed by atoms with Crippen molar-refractivity contribution in [3.8, 4) is 11.4 Å². The molecule has 9 heteroatoms. The zero-order valence-corrected chi connectivity index (χ0v) is 14.9. The highest BCUT2D eigenvalue weighted by Gasteiger charge is 2.30. The molecule has 0 unspecified atom stereocenters. The van der Waals surface area contributed by atoms with Gasteiger partial charge >= 0.3 is 11.9 Å². The summed E-state index contributed by atoms with van der Waals surface area (Å²) >= 11 is 0. The number of rotatable bonds is 5. The Labute approximate surface area is 158 Å². The van der Waals surface area contributed by atoms with Crippen molar-refractivity contribution >= 4 is 5.91 Å². The van der Waals surface area contributed by atoms with Crippen molar-refractivity contribution in [2.75, 3.05) is 6.54 Å². The molecule has 146 valence electrons. The summed E-state index contributed by atoms with van der Waals surface area (Å²) in [6.07, 6.45) is -4.49. The van der Waals surface area contributed by atoms with Crippen LogP contribution in [0.1, 0.15) is 15.9 Å². The molecule has 3 rings (SSSR count). The van der Waals surface area contributed by atoms with Gasteiger partial charge in [0.1, 0.15) is 0 Å². The van der Waals surface area contributed by atoms with Gasteiger partial charge in [0.2, 0.25) is 0 Å². The summed E-state index contributed by atoms with van der Waals surface area (Å²) in [5.74, 6) is -0.173. The molecule has 28 heavy (non-hydrogen) atoms. The number of amides is 1. The molecule has 0 bridgehead atoms. The number of nitrogens with one attached hydrogen (secondary N) is 1. The molecule has 0 saturated heterocycles. The number of benzene rings is 2. The third-order valence-corrected chi connectivity index (χ3v) is 4.13. The lowest BCUT2D eigenvalue weighted by molar-refractivity contribution is -0.137. The fourth-order valence-corrected chi connectivity index (χ4v) is 2.69. The van der Waals surface area contributed by atoms with Crippen molar-refractivity contribution in [1.82, 2.24) is 19.7 Å². The fraction of sp³-hybridized carbons (Fsp3) is 0.211. The smallest absolute Gasteiger partial charge is 0.350 e. The van der Waals surface area contributed by atoms with Gasteiger partial charge in [-0.3, -0.25) is 9.36 Å². The first kappa shape index (κ1) is 19.4. The second kappa shape index (κ2) is 7.71. The lowest BCUT2D eigenvalue weighted by atomic mass is 10.1. The molecule has 6 nitrogen and oxygen atoms in total. The Morgan fingerprint density at radius 2 is 1.82 bits per heavy atom. The Kier molecular flexibility index (Phi) is 5.34. The number of hydrogen-bond acceptors (Lipinski definition) is 3.